The number of phenols is 1. The molecule has 0 radical (unpaired) electrons. The van der Waals surface area contributed by atoms with Crippen molar-refractivity contribution in [1.82, 2.24) is 5.32 Å². The molecule has 2 N–H and O–H groups in total. The van der Waals surface area contributed by atoms with Crippen molar-refractivity contribution in [2.75, 3.05) is 25.2 Å². The molecular formula is C51H55BrI8N2O10. The second-order valence-electron chi connectivity index (χ2n) is 18.4. The van der Waals surface area contributed by atoms with Crippen molar-refractivity contribution in [2.24, 2.45) is 4.99 Å². The fourth-order valence-corrected chi connectivity index (χ4v) is 15.8. The molecule has 2 unspecified atom stereocenters. The smallest absolute Gasteiger partial charge is 0.318 e. The SMILES string of the molecule is BrCC1CO1.CC(C)(C)OC(=O)Cc1cc(I)c(Oc2cc(I)c(O)c(I)c2)c(I)c1.O=C(Cc1cc(I)c(Oc2cc(I)c(OCC3CO3)c(I)c2)c(I)c1)OC(=NC1CCCCC1)NC1CCCCC1. The molecule has 0 bridgehead atoms. The summed E-state index contributed by atoms with van der Waals surface area (Å²) in [6, 6.07) is 16.4. The number of esters is 2. The lowest BCUT2D eigenvalue weighted by Gasteiger charge is -2.25. The van der Waals surface area contributed by atoms with Gasteiger partial charge in [0.1, 0.15) is 41.3 Å². The fraction of sp³-hybridized carbons (Fsp3) is 0.471. The van der Waals surface area contributed by atoms with Crippen LogP contribution >= 0.6 is 197 Å². The molecule has 4 fully saturated rings. The summed E-state index contributed by atoms with van der Waals surface area (Å²) in [6.45, 7) is 7.87. The third-order valence-electron chi connectivity index (χ3n) is 11.0. The van der Waals surface area contributed by atoms with Crippen LogP contribution in [0.25, 0.3) is 0 Å². The van der Waals surface area contributed by atoms with E-state index in [4.69, 9.17) is 38.2 Å². The average Bonchev–Trinajstić information content (AvgIpc) is 4.25. The third-order valence-corrected chi connectivity index (χ3v) is 18.2. The lowest BCUT2D eigenvalue weighted by Crippen LogP contribution is -2.39. The Bertz CT molecular complexity index is 2450. The lowest BCUT2D eigenvalue weighted by atomic mass is 9.95. The summed E-state index contributed by atoms with van der Waals surface area (Å²) >= 11 is 20.9. The molecule has 2 heterocycles. The Kier molecular flexibility index (Phi) is 26.1. The maximum Gasteiger partial charge on any atom is 0.318 e. The van der Waals surface area contributed by atoms with Gasteiger partial charge in [-0.3, -0.25) is 9.59 Å². The van der Waals surface area contributed by atoms with Gasteiger partial charge in [0.05, 0.1) is 66.8 Å². The van der Waals surface area contributed by atoms with Gasteiger partial charge in [-0.1, -0.05) is 54.5 Å². The summed E-state index contributed by atoms with van der Waals surface area (Å²) in [5.74, 6) is 3.48. The van der Waals surface area contributed by atoms with Gasteiger partial charge in [-0.25, -0.2) is 4.99 Å². The molecule has 2 saturated carbocycles. The molecule has 0 amide bonds. The minimum Gasteiger partial charge on any atom is -0.506 e. The first-order valence-electron chi connectivity index (χ1n) is 23.4. The Balaban J connectivity index is 0.000000232. The van der Waals surface area contributed by atoms with E-state index < -0.39 is 5.60 Å². The first-order valence-corrected chi connectivity index (χ1v) is 33.2. The van der Waals surface area contributed by atoms with Crippen LogP contribution in [0.3, 0.4) is 0 Å². The molecule has 12 nitrogen and oxygen atoms in total. The van der Waals surface area contributed by atoms with Crippen molar-refractivity contribution in [2.45, 2.75) is 128 Å². The highest BCUT2D eigenvalue weighted by Gasteiger charge is 2.26. The van der Waals surface area contributed by atoms with Crippen LogP contribution in [0.2, 0.25) is 0 Å². The highest BCUT2D eigenvalue weighted by atomic mass is 127. The van der Waals surface area contributed by atoms with Crippen LogP contribution < -0.4 is 19.5 Å². The second kappa shape index (κ2) is 30.4. The maximum atomic E-state index is 13.1. The number of alkyl halides is 1. The molecule has 72 heavy (non-hydrogen) atoms. The topological polar surface area (TPSA) is 150 Å². The first kappa shape index (κ1) is 61.9. The van der Waals surface area contributed by atoms with Gasteiger partial charge >= 0.3 is 11.9 Å². The zero-order valence-electron chi connectivity index (χ0n) is 39.7. The number of ether oxygens (including phenoxy) is 7. The Hall–Kier alpha value is 0.730. The molecule has 0 aromatic heterocycles. The highest BCUT2D eigenvalue weighted by molar-refractivity contribution is 14.1. The number of nitrogens with one attached hydrogen (secondary N) is 1. The molecule has 4 aromatic rings. The second-order valence-corrected chi connectivity index (χ2v) is 28.4. The Morgan fingerprint density at radius 1 is 0.639 bits per heavy atom. The summed E-state index contributed by atoms with van der Waals surface area (Å²) in [5, 5.41) is 14.4. The average molecular weight is 1950 g/mol. The lowest BCUT2D eigenvalue weighted by molar-refractivity contribution is -0.154. The van der Waals surface area contributed by atoms with Gasteiger partial charge in [0.2, 0.25) is 0 Å². The van der Waals surface area contributed by atoms with Crippen LogP contribution in [0, 0.1) is 28.6 Å². The molecule has 4 aromatic carbocycles. The van der Waals surface area contributed by atoms with E-state index in [1.807, 2.05) is 57.2 Å². The molecule has 2 saturated heterocycles. The number of aliphatic imine (C=N–C) groups is 1. The minimum atomic E-state index is -0.492. The predicted octanol–water partition coefficient (Wildman–Crippen LogP) is 15.6. The van der Waals surface area contributed by atoms with E-state index in [1.54, 1.807) is 12.1 Å². The van der Waals surface area contributed by atoms with Crippen molar-refractivity contribution in [3.8, 4) is 34.5 Å². The summed E-state index contributed by atoms with van der Waals surface area (Å²) in [5.41, 5.74) is 1.28. The van der Waals surface area contributed by atoms with E-state index in [0.29, 0.717) is 30.5 Å². The maximum absolute atomic E-state index is 13.1. The molecule has 0 spiro atoms. The molecule has 2 aliphatic heterocycles. The van der Waals surface area contributed by atoms with Gasteiger partial charge in [0.15, 0.2) is 11.5 Å². The van der Waals surface area contributed by atoms with E-state index in [-0.39, 0.29) is 42.7 Å². The number of epoxide rings is 2. The summed E-state index contributed by atoms with van der Waals surface area (Å²) in [7, 11) is 0. The van der Waals surface area contributed by atoms with E-state index in [1.165, 1.54) is 38.5 Å². The van der Waals surface area contributed by atoms with Gasteiger partial charge < -0.3 is 43.6 Å². The quantitative estimate of drug-likeness (QED) is 0.0310. The number of carbonyl (C=O) groups is 2. The van der Waals surface area contributed by atoms with E-state index in [9.17, 15) is 14.7 Å². The monoisotopic (exact) mass is 1950 g/mol. The standard InChI is InChI=1S/C30H34I4N2O5.C18H16I4O4.C3H5BrO/c31-23-11-18(12-24(32)29(23)40-21-14-25(33)28(26(34)15-21)39-17-22-16-38-22)13-27(37)41-30(35-19-7-3-1-4-8-19)36-20-9-5-2-6-10-20;1-18(2,3)26-15(23)6-9-4-13(21)17(14(22)5-9)25-10-7-11(19)16(24)12(20)8-10;4-1-3-2-5-3/h11-12,14-15,19-20,22H,1-10,13,16-17H2,(H,35,36);4-5,7-8,24H,6H2,1-3H3;3H,1-2H2. The molecular weight excluding hydrogens is 1900 g/mol. The number of halogens is 9. The normalized spacial score (nSPS) is 17.9. The van der Waals surface area contributed by atoms with E-state index in [2.05, 4.69) is 202 Å². The largest absolute Gasteiger partial charge is 0.506 e. The number of aromatic hydroxyl groups is 1. The van der Waals surface area contributed by atoms with Crippen LogP contribution in [-0.4, -0.2) is 78.1 Å². The van der Waals surface area contributed by atoms with Gasteiger partial charge in [0.25, 0.3) is 6.02 Å². The molecule has 4 aliphatic rings. The Labute approximate surface area is 540 Å². The van der Waals surface area contributed by atoms with Gasteiger partial charge in [-0.05, 0) is 287 Å². The Morgan fingerprint density at radius 2 is 1.07 bits per heavy atom. The number of amidine groups is 1. The van der Waals surface area contributed by atoms with Crippen LogP contribution in [0.1, 0.15) is 96.1 Å². The van der Waals surface area contributed by atoms with Gasteiger partial charge in [-0.2, -0.15) is 0 Å². The van der Waals surface area contributed by atoms with E-state index in [0.717, 1.165) is 107 Å². The van der Waals surface area contributed by atoms with Gasteiger partial charge in [0, 0.05) is 11.4 Å². The molecule has 2 aliphatic carbocycles. The summed E-state index contributed by atoms with van der Waals surface area (Å²) < 4.78 is 46.8. The summed E-state index contributed by atoms with van der Waals surface area (Å²) in [6.07, 6.45) is 12.8. The van der Waals surface area contributed by atoms with Crippen molar-refractivity contribution < 1.29 is 47.9 Å². The summed E-state index contributed by atoms with van der Waals surface area (Å²) in [4.78, 5) is 30.0. The number of benzene rings is 4. The molecule has 8 rings (SSSR count). The number of phenolic OH excluding ortho intramolecular Hbond substituents is 1. The zero-order valence-corrected chi connectivity index (χ0v) is 58.6. The van der Waals surface area contributed by atoms with Crippen LogP contribution in [0.5, 0.6) is 34.5 Å². The van der Waals surface area contributed by atoms with Crippen molar-refractivity contribution in [1.29, 1.82) is 0 Å². The first-order chi connectivity index (χ1) is 34.2. The molecule has 21 heteroatoms. The molecule has 392 valence electrons. The predicted molar refractivity (Wildman–Crippen MR) is 352 cm³/mol. The number of rotatable bonds is 14. The number of nitrogens with zero attached hydrogens (tertiary/aromatic N) is 1. The van der Waals surface area contributed by atoms with Crippen LogP contribution in [0.4, 0.5) is 0 Å². The Morgan fingerprint density at radius 3 is 1.50 bits per heavy atom. The van der Waals surface area contributed by atoms with Crippen molar-refractivity contribution in [3.05, 3.63) is 88.2 Å². The number of hydrogen-bond acceptors (Lipinski definition) is 11. The highest BCUT2D eigenvalue weighted by Crippen LogP contribution is 2.39. The number of carbonyl (C=O) groups excluding carboxylic acids is 2. The zero-order chi connectivity index (χ0) is 52.1. The fourth-order valence-electron chi connectivity index (χ4n) is 7.44. The van der Waals surface area contributed by atoms with Gasteiger partial charge in [-0.15, -0.1) is 0 Å². The van der Waals surface area contributed by atoms with Crippen molar-refractivity contribution >= 4 is 215 Å². The minimum absolute atomic E-state index is 0.175. The number of hydrogen-bond donors (Lipinski definition) is 2. The van der Waals surface area contributed by atoms with E-state index >= 15 is 0 Å². The third kappa shape index (κ3) is 21.4. The van der Waals surface area contributed by atoms with Crippen LogP contribution in [-0.2, 0) is 41.4 Å². The van der Waals surface area contributed by atoms with Crippen LogP contribution in [0.15, 0.2) is 53.5 Å². The van der Waals surface area contributed by atoms with Crippen molar-refractivity contribution in [3.63, 3.8) is 0 Å². The molecule has 2 atom stereocenters.